The fourth-order valence-corrected chi connectivity index (χ4v) is 2.80. The second-order valence-electron chi connectivity index (χ2n) is 3.75. The molecule has 1 rings (SSSR count). The van der Waals surface area contributed by atoms with Gasteiger partial charge >= 0.3 is 5.97 Å². The molecule has 0 heterocycles. The van der Waals surface area contributed by atoms with Gasteiger partial charge in [-0.15, -0.1) is 0 Å². The van der Waals surface area contributed by atoms with Crippen LogP contribution in [0.4, 0.5) is 0 Å². The number of nitrogens with one attached hydrogen (secondary N) is 1. The lowest BCUT2D eigenvalue weighted by molar-refractivity contribution is -0.142. The summed E-state index contributed by atoms with van der Waals surface area (Å²) in [4.78, 5) is 11.1. The molecule has 1 aromatic carbocycles. The van der Waals surface area contributed by atoms with Crippen LogP contribution in [0.5, 0.6) is 5.75 Å². The first-order valence-corrected chi connectivity index (χ1v) is 7.75. The third-order valence-corrected chi connectivity index (χ3v) is 4.08. The van der Waals surface area contributed by atoms with E-state index >= 15 is 0 Å². The number of rotatable bonds is 7. The van der Waals surface area contributed by atoms with Gasteiger partial charge < -0.3 is 9.47 Å². The molecule has 6 nitrogen and oxygen atoms in total. The van der Waals surface area contributed by atoms with Gasteiger partial charge in [-0.3, -0.25) is 4.79 Å². The monoisotopic (exact) mass is 321 g/mol. The van der Waals surface area contributed by atoms with E-state index in [4.69, 9.17) is 21.1 Å². The average Bonchev–Trinajstić information content (AvgIpc) is 2.38. The molecule has 0 saturated carbocycles. The Morgan fingerprint density at radius 3 is 2.70 bits per heavy atom. The highest BCUT2D eigenvalue weighted by atomic mass is 35.5. The number of ether oxygens (including phenoxy) is 2. The minimum absolute atomic E-state index is 0.0340. The molecule has 0 aliphatic heterocycles. The van der Waals surface area contributed by atoms with Gasteiger partial charge in [0, 0.05) is 17.6 Å². The van der Waals surface area contributed by atoms with E-state index in [0.29, 0.717) is 5.02 Å². The molecule has 0 atom stereocenters. The Kier molecular flexibility index (Phi) is 6.25. The van der Waals surface area contributed by atoms with Crippen LogP contribution in [0, 0.1) is 0 Å². The van der Waals surface area contributed by atoms with Gasteiger partial charge in [-0.2, -0.15) is 0 Å². The van der Waals surface area contributed by atoms with Gasteiger partial charge in [0.1, 0.15) is 10.6 Å². The van der Waals surface area contributed by atoms with Crippen molar-refractivity contribution in [1.82, 2.24) is 4.72 Å². The predicted molar refractivity (Wildman–Crippen MR) is 74.4 cm³/mol. The SMILES string of the molecule is CCOC(=O)CCNS(=O)(=O)c1ccc(Cl)cc1OC. The lowest BCUT2D eigenvalue weighted by Gasteiger charge is -2.10. The number of benzene rings is 1. The van der Waals surface area contributed by atoms with Crippen molar-refractivity contribution in [2.75, 3.05) is 20.3 Å². The second-order valence-corrected chi connectivity index (χ2v) is 5.92. The molecule has 1 aromatic rings. The van der Waals surface area contributed by atoms with Gasteiger partial charge in [-0.1, -0.05) is 11.6 Å². The molecule has 0 aliphatic rings. The van der Waals surface area contributed by atoms with Crippen molar-refractivity contribution in [2.45, 2.75) is 18.2 Å². The largest absolute Gasteiger partial charge is 0.495 e. The Balaban J connectivity index is 2.77. The van der Waals surface area contributed by atoms with Crippen LogP contribution in [0.2, 0.25) is 5.02 Å². The van der Waals surface area contributed by atoms with Crippen molar-refractivity contribution >= 4 is 27.6 Å². The molecule has 0 radical (unpaired) electrons. The van der Waals surface area contributed by atoms with Gasteiger partial charge in [-0.05, 0) is 19.1 Å². The molecule has 0 fully saturated rings. The van der Waals surface area contributed by atoms with Crippen molar-refractivity contribution in [3.05, 3.63) is 23.2 Å². The third-order valence-electron chi connectivity index (χ3n) is 2.34. The highest BCUT2D eigenvalue weighted by Gasteiger charge is 2.19. The molecule has 0 aliphatic carbocycles. The third kappa shape index (κ3) is 4.66. The van der Waals surface area contributed by atoms with Crippen LogP contribution in [0.1, 0.15) is 13.3 Å². The van der Waals surface area contributed by atoms with Gasteiger partial charge in [0.25, 0.3) is 0 Å². The molecule has 0 bridgehead atoms. The van der Waals surface area contributed by atoms with E-state index in [0.717, 1.165) is 0 Å². The van der Waals surface area contributed by atoms with E-state index in [1.165, 1.54) is 25.3 Å². The highest BCUT2D eigenvalue weighted by molar-refractivity contribution is 7.89. The van der Waals surface area contributed by atoms with Crippen LogP contribution < -0.4 is 9.46 Å². The fraction of sp³-hybridized carbons (Fsp3) is 0.417. The van der Waals surface area contributed by atoms with E-state index in [9.17, 15) is 13.2 Å². The summed E-state index contributed by atoms with van der Waals surface area (Å²) in [6.07, 6.45) is -0.0387. The number of carbonyl (C=O) groups excluding carboxylic acids is 1. The lowest BCUT2D eigenvalue weighted by atomic mass is 10.3. The van der Waals surface area contributed by atoms with E-state index in [-0.39, 0.29) is 30.2 Å². The predicted octanol–water partition coefficient (Wildman–Crippen LogP) is 1.58. The van der Waals surface area contributed by atoms with Crippen molar-refractivity contribution in [3.63, 3.8) is 0 Å². The summed E-state index contributed by atoms with van der Waals surface area (Å²) in [5.74, 6) is -0.320. The summed E-state index contributed by atoms with van der Waals surface area (Å²) >= 11 is 5.77. The number of esters is 1. The molecular formula is C12H16ClNO5S. The molecular weight excluding hydrogens is 306 g/mol. The van der Waals surface area contributed by atoms with Crippen molar-refractivity contribution in [2.24, 2.45) is 0 Å². The lowest BCUT2D eigenvalue weighted by Crippen LogP contribution is -2.27. The van der Waals surface area contributed by atoms with Gasteiger partial charge in [0.15, 0.2) is 0 Å². The molecule has 0 amide bonds. The number of hydrogen-bond acceptors (Lipinski definition) is 5. The Hall–Kier alpha value is -1.31. The molecule has 0 aromatic heterocycles. The van der Waals surface area contributed by atoms with Crippen LogP contribution in [0.25, 0.3) is 0 Å². The number of sulfonamides is 1. The average molecular weight is 322 g/mol. The van der Waals surface area contributed by atoms with Crippen molar-refractivity contribution in [3.8, 4) is 5.75 Å². The molecule has 0 spiro atoms. The summed E-state index contributed by atoms with van der Waals surface area (Å²) in [7, 11) is -2.42. The standard InChI is InChI=1S/C12H16ClNO5S/c1-3-19-12(15)6-7-14-20(16,17)11-5-4-9(13)8-10(11)18-2/h4-5,8,14H,3,6-7H2,1-2H3. The maximum Gasteiger partial charge on any atom is 0.307 e. The number of methoxy groups -OCH3 is 1. The van der Waals surface area contributed by atoms with Crippen molar-refractivity contribution in [1.29, 1.82) is 0 Å². The molecule has 112 valence electrons. The maximum atomic E-state index is 12.1. The van der Waals surface area contributed by atoms with Gasteiger partial charge in [0.2, 0.25) is 10.0 Å². The molecule has 1 N–H and O–H groups in total. The molecule has 8 heteroatoms. The number of hydrogen-bond donors (Lipinski definition) is 1. The Morgan fingerprint density at radius 2 is 2.10 bits per heavy atom. The summed E-state index contributed by atoms with van der Waals surface area (Å²) in [5.41, 5.74) is 0. The first-order valence-electron chi connectivity index (χ1n) is 5.89. The molecule has 0 unspecified atom stereocenters. The Labute approximate surface area is 123 Å². The zero-order valence-electron chi connectivity index (χ0n) is 11.2. The van der Waals surface area contributed by atoms with Gasteiger partial charge in [0.05, 0.1) is 20.1 Å². The van der Waals surface area contributed by atoms with Crippen molar-refractivity contribution < 1.29 is 22.7 Å². The zero-order valence-corrected chi connectivity index (χ0v) is 12.8. The number of carbonyl (C=O) groups is 1. The normalized spacial score (nSPS) is 11.2. The smallest absolute Gasteiger partial charge is 0.307 e. The summed E-state index contributed by atoms with van der Waals surface area (Å²) in [6.45, 7) is 1.89. The Bertz CT molecular complexity index is 573. The summed E-state index contributed by atoms with van der Waals surface area (Å²) < 4.78 is 36.1. The minimum Gasteiger partial charge on any atom is -0.495 e. The van der Waals surface area contributed by atoms with Crippen LogP contribution in [0.15, 0.2) is 23.1 Å². The fourth-order valence-electron chi connectivity index (χ4n) is 1.46. The number of halogens is 1. The van der Waals surface area contributed by atoms with Crippen LogP contribution in [-0.4, -0.2) is 34.6 Å². The first-order chi connectivity index (χ1) is 9.40. The summed E-state index contributed by atoms with van der Waals surface area (Å²) in [5, 5.41) is 0.368. The highest BCUT2D eigenvalue weighted by Crippen LogP contribution is 2.26. The summed E-state index contributed by atoms with van der Waals surface area (Å²) in [6, 6.07) is 4.19. The van der Waals surface area contributed by atoms with E-state index in [2.05, 4.69) is 4.72 Å². The second kappa shape index (κ2) is 7.47. The van der Waals surface area contributed by atoms with Crippen LogP contribution in [0.3, 0.4) is 0 Å². The first kappa shape index (κ1) is 16.7. The molecule has 0 saturated heterocycles. The van der Waals surface area contributed by atoms with E-state index in [1.807, 2.05) is 0 Å². The van der Waals surface area contributed by atoms with Crippen LogP contribution >= 0.6 is 11.6 Å². The van der Waals surface area contributed by atoms with E-state index < -0.39 is 16.0 Å². The minimum atomic E-state index is -3.77. The van der Waals surface area contributed by atoms with Gasteiger partial charge in [-0.25, -0.2) is 13.1 Å². The maximum absolute atomic E-state index is 12.1. The topological polar surface area (TPSA) is 81.7 Å². The van der Waals surface area contributed by atoms with Crippen LogP contribution in [-0.2, 0) is 19.6 Å². The van der Waals surface area contributed by atoms with E-state index in [1.54, 1.807) is 6.92 Å². The molecule has 20 heavy (non-hydrogen) atoms. The zero-order chi connectivity index (χ0) is 15.2. The Morgan fingerprint density at radius 1 is 1.40 bits per heavy atom. The quantitative estimate of drug-likeness (QED) is 0.771.